The van der Waals surface area contributed by atoms with Crippen LogP contribution in [0.1, 0.15) is 16.3 Å². The number of nitrogens with zero attached hydrogens (tertiary/aromatic N) is 5. The van der Waals surface area contributed by atoms with Gasteiger partial charge in [-0.25, -0.2) is 4.98 Å². The predicted octanol–water partition coefficient (Wildman–Crippen LogP) is 3.54. The first kappa shape index (κ1) is 17.1. The van der Waals surface area contributed by atoms with Crippen LogP contribution in [0.15, 0.2) is 41.8 Å². The maximum Gasteiger partial charge on any atom is 0.151 e. The van der Waals surface area contributed by atoms with Crippen LogP contribution in [0.2, 0.25) is 0 Å². The molecule has 0 amide bonds. The van der Waals surface area contributed by atoms with E-state index in [0.717, 1.165) is 54.8 Å². The minimum atomic E-state index is 0.922. The van der Waals surface area contributed by atoms with Crippen LogP contribution in [0.5, 0.6) is 0 Å². The summed E-state index contributed by atoms with van der Waals surface area (Å²) in [4.78, 5) is 9.34. The van der Waals surface area contributed by atoms with Crippen LogP contribution >= 0.6 is 11.3 Å². The summed E-state index contributed by atoms with van der Waals surface area (Å²) in [6.07, 6.45) is 0. The second-order valence-electron chi connectivity index (χ2n) is 6.76. The Bertz CT molecular complexity index is 849. The molecule has 0 atom stereocenters. The number of benzene rings is 1. The van der Waals surface area contributed by atoms with Crippen molar-refractivity contribution in [1.82, 2.24) is 20.1 Å². The van der Waals surface area contributed by atoms with Crippen molar-refractivity contribution >= 4 is 17.2 Å². The molecule has 1 aliphatic heterocycles. The van der Waals surface area contributed by atoms with Gasteiger partial charge in [-0.1, -0.05) is 29.8 Å². The van der Waals surface area contributed by atoms with Crippen molar-refractivity contribution in [3.63, 3.8) is 0 Å². The average Bonchev–Trinajstić information content (AvgIpc) is 3.08. The molecule has 3 heterocycles. The van der Waals surface area contributed by atoms with Crippen LogP contribution in [0.25, 0.3) is 11.3 Å². The summed E-state index contributed by atoms with van der Waals surface area (Å²) >= 11 is 1.72. The topological polar surface area (TPSA) is 45.2 Å². The number of hydrogen-bond acceptors (Lipinski definition) is 6. The van der Waals surface area contributed by atoms with E-state index >= 15 is 0 Å². The SMILES string of the molecule is Cc1ccc(-c2ccc(N3CCN(Cc4csc(C)n4)CC3)nn2)cc1. The van der Waals surface area contributed by atoms with E-state index in [1.54, 1.807) is 11.3 Å². The Kier molecular flexibility index (Phi) is 4.95. The van der Waals surface area contributed by atoms with Crippen LogP contribution in [-0.2, 0) is 6.54 Å². The van der Waals surface area contributed by atoms with E-state index in [4.69, 9.17) is 0 Å². The Hall–Kier alpha value is -2.31. The third-order valence-corrected chi connectivity index (χ3v) is 5.57. The van der Waals surface area contributed by atoms with Crippen LogP contribution in [-0.4, -0.2) is 46.3 Å². The number of aryl methyl sites for hydroxylation is 2. The zero-order valence-corrected chi connectivity index (χ0v) is 16.0. The van der Waals surface area contributed by atoms with Gasteiger partial charge in [-0.05, 0) is 26.0 Å². The average molecular weight is 366 g/mol. The lowest BCUT2D eigenvalue weighted by Crippen LogP contribution is -2.46. The molecule has 1 aromatic carbocycles. The quantitative estimate of drug-likeness (QED) is 0.708. The molecule has 0 aliphatic carbocycles. The summed E-state index contributed by atoms with van der Waals surface area (Å²) in [6.45, 7) is 9.09. The first-order valence-electron chi connectivity index (χ1n) is 8.96. The van der Waals surface area contributed by atoms with Crippen molar-refractivity contribution in [2.45, 2.75) is 20.4 Å². The Labute approximate surface area is 158 Å². The Morgan fingerprint density at radius 2 is 1.69 bits per heavy atom. The third kappa shape index (κ3) is 3.92. The molecule has 1 fully saturated rings. The molecule has 6 heteroatoms. The summed E-state index contributed by atoms with van der Waals surface area (Å²) < 4.78 is 0. The van der Waals surface area contributed by atoms with Gasteiger partial charge in [0.1, 0.15) is 0 Å². The second-order valence-corrected chi connectivity index (χ2v) is 7.83. The number of aromatic nitrogens is 3. The summed E-state index contributed by atoms with van der Waals surface area (Å²) in [6, 6.07) is 12.6. The summed E-state index contributed by atoms with van der Waals surface area (Å²) in [7, 11) is 0. The van der Waals surface area contributed by atoms with E-state index < -0.39 is 0 Å². The van der Waals surface area contributed by atoms with Crippen LogP contribution < -0.4 is 4.90 Å². The first-order chi connectivity index (χ1) is 12.7. The lowest BCUT2D eigenvalue weighted by atomic mass is 10.1. The van der Waals surface area contributed by atoms with Crippen LogP contribution in [0, 0.1) is 13.8 Å². The molecule has 0 unspecified atom stereocenters. The van der Waals surface area contributed by atoms with E-state index in [0.29, 0.717) is 0 Å². The van der Waals surface area contributed by atoms with Gasteiger partial charge in [0, 0.05) is 43.7 Å². The van der Waals surface area contributed by atoms with E-state index in [9.17, 15) is 0 Å². The molecule has 0 saturated carbocycles. The molecule has 0 spiro atoms. The lowest BCUT2D eigenvalue weighted by Gasteiger charge is -2.34. The molecule has 1 saturated heterocycles. The van der Waals surface area contributed by atoms with Crippen LogP contribution in [0.4, 0.5) is 5.82 Å². The Morgan fingerprint density at radius 3 is 2.31 bits per heavy atom. The standard InChI is InChI=1S/C20H23N5S/c1-15-3-5-17(6-4-15)19-7-8-20(23-22-19)25-11-9-24(10-12-25)13-18-14-26-16(2)21-18/h3-8,14H,9-13H2,1-2H3. The maximum absolute atomic E-state index is 4.57. The first-order valence-corrected chi connectivity index (χ1v) is 9.84. The number of hydrogen-bond donors (Lipinski definition) is 0. The van der Waals surface area contributed by atoms with Crippen molar-refractivity contribution in [1.29, 1.82) is 0 Å². The Balaban J connectivity index is 1.36. The number of piperazine rings is 1. The zero-order chi connectivity index (χ0) is 17.9. The second kappa shape index (κ2) is 7.51. The number of rotatable bonds is 4. The van der Waals surface area contributed by atoms with Gasteiger partial charge in [-0.15, -0.1) is 21.5 Å². The summed E-state index contributed by atoms with van der Waals surface area (Å²) in [5, 5.41) is 12.2. The molecule has 0 N–H and O–H groups in total. The highest BCUT2D eigenvalue weighted by molar-refractivity contribution is 7.09. The monoisotopic (exact) mass is 365 g/mol. The van der Waals surface area contributed by atoms with Gasteiger partial charge in [0.15, 0.2) is 5.82 Å². The van der Waals surface area contributed by atoms with E-state index in [1.165, 1.54) is 11.3 Å². The number of thiazole rings is 1. The van der Waals surface area contributed by atoms with Gasteiger partial charge in [0.05, 0.1) is 16.4 Å². The smallest absolute Gasteiger partial charge is 0.151 e. The highest BCUT2D eigenvalue weighted by Gasteiger charge is 2.19. The molecule has 2 aromatic heterocycles. The predicted molar refractivity (Wildman–Crippen MR) is 107 cm³/mol. The normalized spacial score (nSPS) is 15.4. The summed E-state index contributed by atoms with van der Waals surface area (Å²) in [5.41, 5.74) is 4.47. The van der Waals surface area contributed by atoms with Gasteiger partial charge in [0.25, 0.3) is 0 Å². The minimum Gasteiger partial charge on any atom is -0.353 e. The zero-order valence-electron chi connectivity index (χ0n) is 15.2. The highest BCUT2D eigenvalue weighted by Crippen LogP contribution is 2.20. The molecule has 134 valence electrons. The fourth-order valence-electron chi connectivity index (χ4n) is 3.22. The molecule has 1 aliphatic rings. The molecule has 5 nitrogen and oxygen atoms in total. The summed E-state index contributed by atoms with van der Waals surface area (Å²) in [5.74, 6) is 0.963. The van der Waals surface area contributed by atoms with Gasteiger partial charge in [0.2, 0.25) is 0 Å². The molecule has 0 radical (unpaired) electrons. The van der Waals surface area contributed by atoms with Crippen LogP contribution in [0.3, 0.4) is 0 Å². The molecule has 4 rings (SSSR count). The van der Waals surface area contributed by atoms with Gasteiger partial charge < -0.3 is 4.90 Å². The van der Waals surface area contributed by atoms with Gasteiger partial charge in [-0.2, -0.15) is 0 Å². The van der Waals surface area contributed by atoms with Crippen molar-refractivity contribution in [2.75, 3.05) is 31.1 Å². The lowest BCUT2D eigenvalue weighted by molar-refractivity contribution is 0.247. The third-order valence-electron chi connectivity index (χ3n) is 4.75. The molecular weight excluding hydrogens is 342 g/mol. The van der Waals surface area contributed by atoms with Crippen molar-refractivity contribution < 1.29 is 0 Å². The Morgan fingerprint density at radius 1 is 0.923 bits per heavy atom. The maximum atomic E-state index is 4.57. The largest absolute Gasteiger partial charge is 0.353 e. The molecule has 0 bridgehead atoms. The van der Waals surface area contributed by atoms with E-state index in [-0.39, 0.29) is 0 Å². The molecule has 3 aromatic rings. The minimum absolute atomic E-state index is 0.922. The highest BCUT2D eigenvalue weighted by atomic mass is 32.1. The molecular formula is C20H23N5S. The van der Waals surface area contributed by atoms with Gasteiger partial charge >= 0.3 is 0 Å². The van der Waals surface area contributed by atoms with E-state index in [1.807, 2.05) is 0 Å². The van der Waals surface area contributed by atoms with Crippen molar-refractivity contribution in [2.24, 2.45) is 0 Å². The fourth-order valence-corrected chi connectivity index (χ4v) is 3.82. The van der Waals surface area contributed by atoms with Crippen molar-refractivity contribution in [3.05, 3.63) is 58.0 Å². The van der Waals surface area contributed by atoms with Gasteiger partial charge in [-0.3, -0.25) is 4.90 Å². The fraction of sp³-hybridized carbons (Fsp3) is 0.350. The van der Waals surface area contributed by atoms with E-state index in [2.05, 4.69) is 80.6 Å². The number of anilines is 1. The van der Waals surface area contributed by atoms with Crippen molar-refractivity contribution in [3.8, 4) is 11.3 Å². The molecule has 26 heavy (non-hydrogen) atoms.